The van der Waals surface area contributed by atoms with Crippen LogP contribution in [0.4, 0.5) is 0 Å². The predicted molar refractivity (Wildman–Crippen MR) is 65.0 cm³/mol. The van der Waals surface area contributed by atoms with Gasteiger partial charge in [0.1, 0.15) is 0 Å². The Morgan fingerprint density at radius 1 is 1.00 bits per heavy atom. The zero-order valence-corrected chi connectivity index (χ0v) is 9.39. The van der Waals surface area contributed by atoms with E-state index in [0.29, 0.717) is 6.61 Å². The van der Waals surface area contributed by atoms with E-state index in [-0.39, 0.29) is 0 Å². The molecule has 1 aromatic carbocycles. The summed E-state index contributed by atoms with van der Waals surface area (Å²) in [6.45, 7) is 3.29. The molecular formula is C14H15NO. The maximum absolute atomic E-state index is 5.35. The summed E-state index contributed by atoms with van der Waals surface area (Å²) in [5, 5.41) is 0. The fraction of sp³-hybridized carbons (Fsp3) is 0.214. The predicted octanol–water partition coefficient (Wildman–Crippen LogP) is 3.29. The highest BCUT2D eigenvalue weighted by molar-refractivity contribution is 5.58. The van der Waals surface area contributed by atoms with E-state index in [1.54, 1.807) is 0 Å². The highest BCUT2D eigenvalue weighted by Gasteiger charge is 1.99. The molecule has 0 fully saturated rings. The largest absolute Gasteiger partial charge is 0.375 e. The maximum Gasteiger partial charge on any atom is 0.0887 e. The highest BCUT2D eigenvalue weighted by Crippen LogP contribution is 2.16. The summed E-state index contributed by atoms with van der Waals surface area (Å²) in [7, 11) is 0. The molecule has 1 aromatic heterocycles. The molecule has 0 aliphatic carbocycles. The summed E-state index contributed by atoms with van der Waals surface area (Å²) in [5.41, 5.74) is 3.11. The van der Waals surface area contributed by atoms with E-state index in [1.165, 1.54) is 0 Å². The first-order valence-corrected chi connectivity index (χ1v) is 5.49. The average molecular weight is 213 g/mol. The Balaban J connectivity index is 2.22. The number of aromatic nitrogens is 1. The minimum atomic E-state index is 0.581. The van der Waals surface area contributed by atoms with Crippen LogP contribution in [0.25, 0.3) is 11.3 Å². The monoisotopic (exact) mass is 213 g/mol. The van der Waals surface area contributed by atoms with Gasteiger partial charge in [-0.1, -0.05) is 36.4 Å². The molecule has 0 radical (unpaired) electrons. The molecule has 2 heteroatoms. The number of benzene rings is 1. The van der Waals surface area contributed by atoms with Gasteiger partial charge in [0.05, 0.1) is 18.0 Å². The summed E-state index contributed by atoms with van der Waals surface area (Å²) in [5.74, 6) is 0. The van der Waals surface area contributed by atoms with Crippen molar-refractivity contribution in [1.29, 1.82) is 0 Å². The van der Waals surface area contributed by atoms with Crippen molar-refractivity contribution in [2.45, 2.75) is 13.5 Å². The van der Waals surface area contributed by atoms with Crippen LogP contribution in [-0.2, 0) is 11.3 Å². The molecule has 0 bridgehead atoms. The van der Waals surface area contributed by atoms with Crippen molar-refractivity contribution in [2.24, 2.45) is 0 Å². The van der Waals surface area contributed by atoms with E-state index in [2.05, 4.69) is 17.1 Å². The minimum Gasteiger partial charge on any atom is -0.375 e. The van der Waals surface area contributed by atoms with E-state index in [4.69, 9.17) is 4.74 Å². The molecule has 0 spiro atoms. The molecule has 0 saturated heterocycles. The van der Waals surface area contributed by atoms with Gasteiger partial charge in [0.2, 0.25) is 0 Å². The van der Waals surface area contributed by atoms with E-state index in [9.17, 15) is 0 Å². The number of pyridine rings is 1. The smallest absolute Gasteiger partial charge is 0.0887 e. The van der Waals surface area contributed by atoms with Gasteiger partial charge in [-0.15, -0.1) is 0 Å². The Labute approximate surface area is 95.9 Å². The van der Waals surface area contributed by atoms with Gasteiger partial charge < -0.3 is 4.74 Å². The topological polar surface area (TPSA) is 22.1 Å². The molecule has 1 heterocycles. The van der Waals surface area contributed by atoms with Crippen molar-refractivity contribution >= 4 is 0 Å². The van der Waals surface area contributed by atoms with Gasteiger partial charge in [-0.3, -0.25) is 4.98 Å². The Hall–Kier alpha value is -1.67. The van der Waals surface area contributed by atoms with Gasteiger partial charge in [0.25, 0.3) is 0 Å². The van der Waals surface area contributed by atoms with Crippen LogP contribution in [0.3, 0.4) is 0 Å². The fourth-order valence-electron chi connectivity index (χ4n) is 1.54. The molecule has 2 aromatic rings. The summed E-state index contributed by atoms with van der Waals surface area (Å²) >= 11 is 0. The van der Waals surface area contributed by atoms with Crippen molar-refractivity contribution in [3.63, 3.8) is 0 Å². The van der Waals surface area contributed by atoms with Crippen LogP contribution in [0, 0.1) is 0 Å². The molecular weight excluding hydrogens is 198 g/mol. The fourth-order valence-corrected chi connectivity index (χ4v) is 1.54. The lowest BCUT2D eigenvalue weighted by Crippen LogP contribution is -1.96. The van der Waals surface area contributed by atoms with Crippen LogP contribution in [-0.4, -0.2) is 11.6 Å². The highest BCUT2D eigenvalue weighted by atomic mass is 16.5. The molecule has 0 saturated carbocycles. The molecule has 0 atom stereocenters. The summed E-state index contributed by atoms with van der Waals surface area (Å²) in [6, 6.07) is 16.2. The van der Waals surface area contributed by atoms with Crippen molar-refractivity contribution in [3.8, 4) is 11.3 Å². The molecule has 82 valence electrons. The normalized spacial score (nSPS) is 10.3. The molecule has 0 unspecified atom stereocenters. The van der Waals surface area contributed by atoms with Gasteiger partial charge in [-0.25, -0.2) is 0 Å². The van der Waals surface area contributed by atoms with Gasteiger partial charge >= 0.3 is 0 Å². The van der Waals surface area contributed by atoms with Crippen molar-refractivity contribution in [1.82, 2.24) is 4.98 Å². The lowest BCUT2D eigenvalue weighted by Gasteiger charge is -2.04. The van der Waals surface area contributed by atoms with Gasteiger partial charge in [-0.05, 0) is 19.1 Å². The quantitative estimate of drug-likeness (QED) is 0.777. The second-order valence-corrected chi connectivity index (χ2v) is 3.52. The molecule has 2 rings (SSSR count). The van der Waals surface area contributed by atoms with E-state index in [1.807, 2.05) is 43.3 Å². The first-order chi connectivity index (χ1) is 7.90. The third-order valence-electron chi connectivity index (χ3n) is 2.33. The van der Waals surface area contributed by atoms with Gasteiger partial charge in [0, 0.05) is 12.2 Å². The van der Waals surface area contributed by atoms with E-state index >= 15 is 0 Å². The summed E-state index contributed by atoms with van der Waals surface area (Å²) in [6.07, 6.45) is 0. The number of nitrogens with zero attached hydrogens (tertiary/aromatic N) is 1. The van der Waals surface area contributed by atoms with Crippen molar-refractivity contribution in [2.75, 3.05) is 6.61 Å². The second kappa shape index (κ2) is 5.42. The zero-order valence-electron chi connectivity index (χ0n) is 9.39. The van der Waals surface area contributed by atoms with Crippen LogP contribution >= 0.6 is 0 Å². The lowest BCUT2D eigenvalue weighted by molar-refractivity contribution is 0.131. The van der Waals surface area contributed by atoms with Crippen LogP contribution in [0.15, 0.2) is 48.5 Å². The third-order valence-corrected chi connectivity index (χ3v) is 2.33. The Morgan fingerprint density at radius 3 is 2.56 bits per heavy atom. The van der Waals surface area contributed by atoms with Crippen LogP contribution in [0.2, 0.25) is 0 Å². The third kappa shape index (κ3) is 2.67. The molecule has 2 nitrogen and oxygen atoms in total. The number of hydrogen-bond donors (Lipinski definition) is 0. The van der Waals surface area contributed by atoms with E-state index < -0.39 is 0 Å². The van der Waals surface area contributed by atoms with E-state index in [0.717, 1.165) is 23.6 Å². The minimum absolute atomic E-state index is 0.581. The second-order valence-electron chi connectivity index (χ2n) is 3.52. The first kappa shape index (κ1) is 10.8. The first-order valence-electron chi connectivity index (χ1n) is 5.49. The SMILES string of the molecule is CCOCc1cccc(-c2ccccc2)n1. The summed E-state index contributed by atoms with van der Waals surface area (Å²) in [4.78, 5) is 4.56. The summed E-state index contributed by atoms with van der Waals surface area (Å²) < 4.78 is 5.35. The van der Waals surface area contributed by atoms with Crippen LogP contribution < -0.4 is 0 Å². The van der Waals surface area contributed by atoms with Crippen molar-refractivity contribution in [3.05, 3.63) is 54.2 Å². The number of ether oxygens (including phenoxy) is 1. The molecule has 0 aliphatic heterocycles. The molecule has 16 heavy (non-hydrogen) atoms. The Bertz CT molecular complexity index is 439. The zero-order chi connectivity index (χ0) is 11.2. The molecule has 0 aliphatic rings. The van der Waals surface area contributed by atoms with Crippen LogP contribution in [0.1, 0.15) is 12.6 Å². The van der Waals surface area contributed by atoms with Crippen LogP contribution in [0.5, 0.6) is 0 Å². The standard InChI is InChI=1S/C14H15NO/c1-2-16-11-13-9-6-10-14(15-13)12-7-4-3-5-8-12/h3-10H,2,11H2,1H3. The average Bonchev–Trinajstić information content (AvgIpc) is 2.38. The number of hydrogen-bond acceptors (Lipinski definition) is 2. The Kier molecular flexibility index (Phi) is 3.67. The van der Waals surface area contributed by atoms with Gasteiger partial charge in [0.15, 0.2) is 0 Å². The maximum atomic E-state index is 5.35. The van der Waals surface area contributed by atoms with Gasteiger partial charge in [-0.2, -0.15) is 0 Å². The number of rotatable bonds is 4. The molecule has 0 amide bonds. The van der Waals surface area contributed by atoms with Crippen molar-refractivity contribution < 1.29 is 4.74 Å². The molecule has 0 N–H and O–H groups in total. The Morgan fingerprint density at radius 2 is 1.81 bits per heavy atom. The lowest BCUT2D eigenvalue weighted by atomic mass is 10.1.